The molecule has 0 unspecified atom stereocenters. The summed E-state index contributed by atoms with van der Waals surface area (Å²) in [7, 11) is 0. The third-order valence-corrected chi connectivity index (χ3v) is 4.79. The summed E-state index contributed by atoms with van der Waals surface area (Å²) in [5.74, 6) is -1.65. The Labute approximate surface area is 150 Å². The molecule has 0 atom stereocenters. The Morgan fingerprint density at radius 2 is 1.80 bits per heavy atom. The highest BCUT2D eigenvalue weighted by Crippen LogP contribution is 2.27. The van der Waals surface area contributed by atoms with Crippen LogP contribution >= 0.6 is 11.6 Å². The molecule has 3 rings (SSSR count). The summed E-state index contributed by atoms with van der Waals surface area (Å²) in [6.07, 6.45) is 0. The summed E-state index contributed by atoms with van der Waals surface area (Å²) in [4.78, 5) is 42.8. The van der Waals surface area contributed by atoms with Gasteiger partial charge in [-0.3, -0.25) is 19.4 Å². The molecule has 0 radical (unpaired) electrons. The molecule has 0 saturated carbocycles. The van der Waals surface area contributed by atoms with Gasteiger partial charge >= 0.3 is 17.8 Å². The Morgan fingerprint density at radius 1 is 1.12 bits per heavy atom. The number of imide groups is 2. The largest absolute Gasteiger partial charge is 0.334 e. The first-order chi connectivity index (χ1) is 11.7. The second kappa shape index (κ2) is 6.11. The number of fused-ring (bicyclic) bond motifs is 1. The zero-order valence-corrected chi connectivity index (χ0v) is 15.2. The molecule has 25 heavy (non-hydrogen) atoms. The van der Waals surface area contributed by atoms with Crippen LogP contribution in [0.5, 0.6) is 0 Å². The molecule has 1 aliphatic rings. The lowest BCUT2D eigenvalue weighted by Gasteiger charge is -2.19. The van der Waals surface area contributed by atoms with E-state index in [1.165, 1.54) is 0 Å². The summed E-state index contributed by atoms with van der Waals surface area (Å²) in [5.41, 5.74) is 3.44. The number of aryl methyl sites for hydroxylation is 2. The molecule has 4 amide bonds. The van der Waals surface area contributed by atoms with Gasteiger partial charge in [0.1, 0.15) is 5.15 Å². The van der Waals surface area contributed by atoms with Crippen LogP contribution in [0.4, 0.5) is 4.79 Å². The van der Waals surface area contributed by atoms with Gasteiger partial charge in [-0.15, -0.1) is 0 Å². The number of halogens is 1. The number of hydrogen-bond acceptors (Lipinski definition) is 4. The molecule has 130 valence electrons. The smallest absolute Gasteiger partial charge is 0.263 e. The van der Waals surface area contributed by atoms with Crippen molar-refractivity contribution in [2.24, 2.45) is 0 Å². The van der Waals surface area contributed by atoms with Crippen LogP contribution in [-0.4, -0.2) is 38.7 Å². The van der Waals surface area contributed by atoms with E-state index in [-0.39, 0.29) is 17.7 Å². The number of aromatic nitrogens is 1. The standard InChI is InChI=1S/C18H18ClN3O3/c1-9(2)22-17(24)16(23)21(18(22)25)8-13-7-12-6-5-10(3)11(4)14(12)20-15(13)19/h5-7,9H,8H2,1-4H3. The lowest BCUT2D eigenvalue weighted by atomic mass is 10.0. The number of amides is 4. The van der Waals surface area contributed by atoms with Gasteiger partial charge in [0, 0.05) is 17.0 Å². The zero-order valence-electron chi connectivity index (χ0n) is 14.5. The van der Waals surface area contributed by atoms with E-state index in [9.17, 15) is 14.4 Å². The van der Waals surface area contributed by atoms with Crippen molar-refractivity contribution in [3.8, 4) is 0 Å². The minimum absolute atomic E-state index is 0.0820. The maximum absolute atomic E-state index is 12.4. The molecule has 1 aliphatic heterocycles. The van der Waals surface area contributed by atoms with E-state index >= 15 is 0 Å². The van der Waals surface area contributed by atoms with Crippen LogP contribution in [0.1, 0.15) is 30.5 Å². The second-order valence-corrected chi connectivity index (χ2v) is 6.82. The van der Waals surface area contributed by atoms with Crippen LogP contribution in [0.2, 0.25) is 5.15 Å². The Morgan fingerprint density at radius 3 is 2.40 bits per heavy atom. The van der Waals surface area contributed by atoms with Crippen LogP contribution in [0.25, 0.3) is 10.9 Å². The van der Waals surface area contributed by atoms with Crippen molar-refractivity contribution in [3.05, 3.63) is 40.0 Å². The van der Waals surface area contributed by atoms with Gasteiger partial charge in [-0.05, 0) is 44.9 Å². The van der Waals surface area contributed by atoms with Crippen molar-refractivity contribution in [3.63, 3.8) is 0 Å². The molecule has 2 aromatic rings. The van der Waals surface area contributed by atoms with E-state index < -0.39 is 17.8 Å². The number of urea groups is 1. The Bertz CT molecular complexity index is 923. The summed E-state index contributed by atoms with van der Waals surface area (Å²) in [5, 5.41) is 1.09. The number of pyridine rings is 1. The van der Waals surface area contributed by atoms with Crippen molar-refractivity contribution >= 4 is 40.3 Å². The molecule has 0 aliphatic carbocycles. The second-order valence-electron chi connectivity index (χ2n) is 6.46. The quantitative estimate of drug-likeness (QED) is 0.479. The minimum atomic E-state index is -0.838. The summed E-state index contributed by atoms with van der Waals surface area (Å²) in [6, 6.07) is 4.70. The lowest BCUT2D eigenvalue weighted by molar-refractivity contribution is -0.144. The van der Waals surface area contributed by atoms with Gasteiger partial charge in [-0.25, -0.2) is 9.78 Å². The fraction of sp³-hybridized carbons (Fsp3) is 0.333. The molecule has 1 saturated heterocycles. The Kier molecular flexibility index (Phi) is 4.24. The predicted molar refractivity (Wildman–Crippen MR) is 94.2 cm³/mol. The molecule has 0 bridgehead atoms. The monoisotopic (exact) mass is 359 g/mol. The number of benzene rings is 1. The first-order valence-corrected chi connectivity index (χ1v) is 8.34. The van der Waals surface area contributed by atoms with Crippen LogP contribution < -0.4 is 0 Å². The molecule has 1 aromatic heterocycles. The van der Waals surface area contributed by atoms with Crippen molar-refractivity contribution in [2.45, 2.75) is 40.3 Å². The molecule has 1 aromatic carbocycles. The average Bonchev–Trinajstić information content (AvgIpc) is 2.76. The normalized spacial score (nSPS) is 15.2. The maximum atomic E-state index is 12.4. The molecule has 0 spiro atoms. The zero-order chi connectivity index (χ0) is 18.5. The SMILES string of the molecule is Cc1ccc2cc(CN3C(=O)C(=O)N(C(C)C)C3=O)c(Cl)nc2c1C. The van der Waals surface area contributed by atoms with E-state index in [1.807, 2.05) is 26.0 Å². The fourth-order valence-electron chi connectivity index (χ4n) is 2.90. The number of rotatable bonds is 3. The summed E-state index contributed by atoms with van der Waals surface area (Å²) in [6.45, 7) is 7.24. The minimum Gasteiger partial charge on any atom is -0.263 e. The van der Waals surface area contributed by atoms with Gasteiger partial charge in [0.2, 0.25) is 0 Å². The molecule has 0 N–H and O–H groups in total. The summed E-state index contributed by atoms with van der Waals surface area (Å²) < 4.78 is 0. The van der Waals surface area contributed by atoms with E-state index in [4.69, 9.17) is 11.6 Å². The van der Waals surface area contributed by atoms with E-state index in [1.54, 1.807) is 19.9 Å². The highest BCUT2D eigenvalue weighted by molar-refractivity contribution is 6.44. The van der Waals surface area contributed by atoms with Crippen molar-refractivity contribution in [2.75, 3.05) is 0 Å². The van der Waals surface area contributed by atoms with Crippen LogP contribution in [0.15, 0.2) is 18.2 Å². The van der Waals surface area contributed by atoms with Gasteiger partial charge in [-0.2, -0.15) is 0 Å². The molecular formula is C18H18ClN3O3. The van der Waals surface area contributed by atoms with E-state index in [0.29, 0.717) is 5.56 Å². The van der Waals surface area contributed by atoms with Crippen LogP contribution in [0.3, 0.4) is 0 Å². The van der Waals surface area contributed by atoms with Gasteiger partial charge in [0.25, 0.3) is 0 Å². The fourth-order valence-corrected chi connectivity index (χ4v) is 3.10. The van der Waals surface area contributed by atoms with E-state index in [0.717, 1.165) is 31.8 Å². The first kappa shape index (κ1) is 17.4. The molecular weight excluding hydrogens is 342 g/mol. The topological polar surface area (TPSA) is 70.6 Å². The van der Waals surface area contributed by atoms with E-state index in [2.05, 4.69) is 4.98 Å². The van der Waals surface area contributed by atoms with Crippen molar-refractivity contribution in [1.29, 1.82) is 0 Å². The van der Waals surface area contributed by atoms with Gasteiger partial charge in [0.15, 0.2) is 0 Å². The average molecular weight is 360 g/mol. The predicted octanol–water partition coefficient (Wildman–Crippen LogP) is 3.20. The maximum Gasteiger partial charge on any atom is 0.334 e. The number of carbonyl (C=O) groups is 3. The molecule has 2 heterocycles. The Hall–Kier alpha value is -2.47. The van der Waals surface area contributed by atoms with Crippen molar-refractivity contribution in [1.82, 2.24) is 14.8 Å². The van der Waals surface area contributed by atoms with Gasteiger partial charge < -0.3 is 0 Å². The van der Waals surface area contributed by atoms with Crippen LogP contribution in [0, 0.1) is 13.8 Å². The lowest BCUT2D eigenvalue weighted by Crippen LogP contribution is -2.37. The number of carbonyl (C=O) groups excluding carboxylic acids is 3. The summed E-state index contributed by atoms with van der Waals surface area (Å²) >= 11 is 6.28. The molecule has 1 fully saturated rings. The first-order valence-electron chi connectivity index (χ1n) is 7.96. The van der Waals surface area contributed by atoms with Crippen molar-refractivity contribution < 1.29 is 14.4 Å². The molecule has 6 nitrogen and oxygen atoms in total. The molecule has 7 heteroatoms. The highest BCUT2D eigenvalue weighted by atomic mass is 35.5. The third-order valence-electron chi connectivity index (χ3n) is 4.47. The third kappa shape index (κ3) is 2.76. The number of hydrogen-bond donors (Lipinski definition) is 0. The van der Waals surface area contributed by atoms with Gasteiger partial charge in [0.05, 0.1) is 12.1 Å². The Balaban J connectivity index is 2.00. The highest BCUT2D eigenvalue weighted by Gasteiger charge is 2.45. The van der Waals surface area contributed by atoms with Crippen LogP contribution in [-0.2, 0) is 16.1 Å². The van der Waals surface area contributed by atoms with Gasteiger partial charge in [-0.1, -0.05) is 23.7 Å². The number of nitrogens with zero attached hydrogens (tertiary/aromatic N) is 3.